The van der Waals surface area contributed by atoms with Gasteiger partial charge in [0.15, 0.2) is 0 Å². The minimum Gasteiger partial charge on any atom is -0.361 e. The number of anilines is 1. The topological polar surface area (TPSA) is 61.5 Å². The minimum absolute atomic E-state index is 0.198. The van der Waals surface area contributed by atoms with Gasteiger partial charge in [0, 0.05) is 34.8 Å². The zero-order valence-electron chi connectivity index (χ0n) is 16.0. The molecule has 4 aromatic rings. The maximum Gasteiger partial charge on any atom is 0.257 e. The number of H-pyrrole nitrogens is 1. The first-order valence-corrected chi connectivity index (χ1v) is 10.1. The summed E-state index contributed by atoms with van der Waals surface area (Å²) in [5, 5.41) is 6.97. The molecule has 0 fully saturated rings. The molecule has 0 radical (unpaired) electrons. The Hall–Kier alpha value is -3.08. The molecule has 0 aliphatic rings. The minimum atomic E-state index is -0.198. The number of hydrogen-bond acceptors (Lipinski definition) is 1. The standard InChI is InChI=1S/C24H22ClN3O/c25-22-10-3-1-9-21(22)24(29)28-19-7-5-6-17(14-19)15-26-13-12-18-16-27-23-11-4-2-8-20(18)23/h1-11,14,16,26-27H,12-13,15H2,(H,28,29)/p+1. The molecule has 0 saturated carbocycles. The summed E-state index contributed by atoms with van der Waals surface area (Å²) in [6, 6.07) is 23.4. The van der Waals surface area contributed by atoms with Crippen molar-refractivity contribution >= 4 is 34.1 Å². The highest BCUT2D eigenvalue weighted by Gasteiger charge is 2.10. The summed E-state index contributed by atoms with van der Waals surface area (Å²) in [5.74, 6) is -0.198. The molecule has 1 heterocycles. The molecule has 0 atom stereocenters. The molecule has 0 spiro atoms. The van der Waals surface area contributed by atoms with Crippen molar-refractivity contribution in [3.63, 3.8) is 0 Å². The normalized spacial score (nSPS) is 10.9. The fraction of sp³-hybridized carbons (Fsp3) is 0.125. The van der Waals surface area contributed by atoms with Gasteiger partial charge in [-0.25, -0.2) is 0 Å². The molecule has 0 aliphatic heterocycles. The van der Waals surface area contributed by atoms with E-state index in [9.17, 15) is 4.79 Å². The Labute approximate surface area is 174 Å². The molecule has 4 nitrogen and oxygen atoms in total. The van der Waals surface area contributed by atoms with Crippen LogP contribution >= 0.6 is 11.6 Å². The van der Waals surface area contributed by atoms with Crippen molar-refractivity contribution in [2.24, 2.45) is 0 Å². The number of hydrogen-bond donors (Lipinski definition) is 3. The van der Waals surface area contributed by atoms with Crippen LogP contribution in [0.2, 0.25) is 5.02 Å². The Morgan fingerprint density at radius 1 is 1.00 bits per heavy atom. The molecule has 1 amide bonds. The van der Waals surface area contributed by atoms with Gasteiger partial charge in [-0.2, -0.15) is 0 Å². The van der Waals surface area contributed by atoms with Gasteiger partial charge < -0.3 is 15.6 Å². The van der Waals surface area contributed by atoms with E-state index < -0.39 is 0 Å². The number of para-hydroxylation sites is 1. The largest absolute Gasteiger partial charge is 0.361 e. The van der Waals surface area contributed by atoms with E-state index in [0.29, 0.717) is 10.6 Å². The van der Waals surface area contributed by atoms with Crippen molar-refractivity contribution in [3.8, 4) is 0 Å². The van der Waals surface area contributed by atoms with Gasteiger partial charge in [0.1, 0.15) is 6.54 Å². The first kappa shape index (κ1) is 19.2. The fourth-order valence-corrected chi connectivity index (χ4v) is 3.71. The van der Waals surface area contributed by atoms with Crippen molar-refractivity contribution in [1.29, 1.82) is 0 Å². The molecule has 146 valence electrons. The summed E-state index contributed by atoms with van der Waals surface area (Å²) in [7, 11) is 0. The third-order valence-corrected chi connectivity index (χ3v) is 5.31. The Balaban J connectivity index is 1.32. The summed E-state index contributed by atoms with van der Waals surface area (Å²) in [4.78, 5) is 15.8. The summed E-state index contributed by atoms with van der Waals surface area (Å²) < 4.78 is 0. The second-order valence-corrected chi connectivity index (χ2v) is 7.43. The molecule has 3 aromatic carbocycles. The average molecular weight is 405 g/mol. The predicted octanol–water partition coefficient (Wildman–Crippen LogP) is 4.38. The quantitative estimate of drug-likeness (QED) is 0.393. The number of nitrogens with two attached hydrogens (primary N) is 1. The Kier molecular flexibility index (Phi) is 5.94. The van der Waals surface area contributed by atoms with E-state index in [2.05, 4.69) is 46.1 Å². The highest BCUT2D eigenvalue weighted by Crippen LogP contribution is 2.18. The molecule has 0 saturated heterocycles. The molecule has 29 heavy (non-hydrogen) atoms. The number of aromatic nitrogens is 1. The monoisotopic (exact) mass is 404 g/mol. The van der Waals surface area contributed by atoms with E-state index >= 15 is 0 Å². The average Bonchev–Trinajstić information content (AvgIpc) is 3.15. The highest BCUT2D eigenvalue weighted by molar-refractivity contribution is 6.34. The number of quaternary nitrogens is 1. The molecule has 5 heteroatoms. The van der Waals surface area contributed by atoms with E-state index in [-0.39, 0.29) is 5.91 Å². The molecule has 1 aromatic heterocycles. The van der Waals surface area contributed by atoms with Crippen molar-refractivity contribution in [3.05, 3.63) is 101 Å². The van der Waals surface area contributed by atoms with E-state index in [4.69, 9.17) is 11.6 Å². The molecule has 0 aliphatic carbocycles. The van der Waals surface area contributed by atoms with Crippen LogP contribution in [0.15, 0.2) is 79.0 Å². The third kappa shape index (κ3) is 4.67. The van der Waals surface area contributed by atoms with E-state index in [0.717, 1.165) is 25.2 Å². The number of amides is 1. The smallest absolute Gasteiger partial charge is 0.257 e. The van der Waals surface area contributed by atoms with Gasteiger partial charge in [-0.15, -0.1) is 0 Å². The molecular formula is C24H23ClN3O+. The number of carbonyl (C=O) groups excluding carboxylic acids is 1. The van der Waals surface area contributed by atoms with Gasteiger partial charge in [0.05, 0.1) is 17.1 Å². The molecule has 0 unspecified atom stereocenters. The van der Waals surface area contributed by atoms with Crippen molar-refractivity contribution < 1.29 is 10.1 Å². The number of halogens is 1. The number of benzene rings is 3. The van der Waals surface area contributed by atoms with Crippen molar-refractivity contribution in [2.75, 3.05) is 11.9 Å². The number of nitrogens with one attached hydrogen (secondary N) is 2. The van der Waals surface area contributed by atoms with Crippen molar-refractivity contribution in [2.45, 2.75) is 13.0 Å². The molecule has 4 rings (SSSR count). The summed E-state index contributed by atoms with van der Waals surface area (Å²) in [6.45, 7) is 1.86. The SMILES string of the molecule is O=C(Nc1cccc(C[NH2+]CCc2c[nH]c3ccccc23)c1)c1ccccc1Cl. The second kappa shape index (κ2) is 8.95. The lowest BCUT2D eigenvalue weighted by molar-refractivity contribution is -0.670. The predicted molar refractivity (Wildman–Crippen MR) is 118 cm³/mol. The Bertz CT molecular complexity index is 1140. The Morgan fingerprint density at radius 3 is 2.72 bits per heavy atom. The molecule has 4 N–H and O–H groups in total. The zero-order valence-corrected chi connectivity index (χ0v) is 16.7. The molecular weight excluding hydrogens is 382 g/mol. The Morgan fingerprint density at radius 2 is 1.83 bits per heavy atom. The van der Waals surface area contributed by atoms with E-state index in [1.165, 1.54) is 22.0 Å². The van der Waals surface area contributed by atoms with Crippen LogP contribution in [-0.2, 0) is 13.0 Å². The van der Waals surface area contributed by atoms with Crippen LogP contribution in [-0.4, -0.2) is 17.4 Å². The first-order chi connectivity index (χ1) is 14.2. The fourth-order valence-electron chi connectivity index (χ4n) is 3.48. The zero-order chi connectivity index (χ0) is 20.1. The van der Waals surface area contributed by atoms with Crippen LogP contribution in [0.5, 0.6) is 0 Å². The van der Waals surface area contributed by atoms with Gasteiger partial charge in [-0.3, -0.25) is 4.79 Å². The van der Waals surface area contributed by atoms with Crippen LogP contribution in [0.25, 0.3) is 10.9 Å². The number of fused-ring (bicyclic) bond motifs is 1. The maximum absolute atomic E-state index is 12.4. The van der Waals surface area contributed by atoms with Gasteiger partial charge in [0.25, 0.3) is 5.91 Å². The summed E-state index contributed by atoms with van der Waals surface area (Å²) in [5.41, 5.74) is 4.95. The number of carbonyl (C=O) groups is 1. The number of aromatic amines is 1. The van der Waals surface area contributed by atoms with Crippen LogP contribution < -0.4 is 10.6 Å². The van der Waals surface area contributed by atoms with Crippen LogP contribution in [0, 0.1) is 0 Å². The summed E-state index contributed by atoms with van der Waals surface area (Å²) in [6.07, 6.45) is 3.11. The molecule has 0 bridgehead atoms. The lowest BCUT2D eigenvalue weighted by Crippen LogP contribution is -2.83. The van der Waals surface area contributed by atoms with Crippen LogP contribution in [0.1, 0.15) is 21.5 Å². The maximum atomic E-state index is 12.4. The van der Waals surface area contributed by atoms with Gasteiger partial charge >= 0.3 is 0 Å². The number of rotatable bonds is 7. The van der Waals surface area contributed by atoms with Crippen LogP contribution in [0.4, 0.5) is 5.69 Å². The van der Waals surface area contributed by atoms with E-state index in [1.54, 1.807) is 18.2 Å². The van der Waals surface area contributed by atoms with Crippen molar-refractivity contribution in [1.82, 2.24) is 4.98 Å². The third-order valence-electron chi connectivity index (χ3n) is 4.98. The first-order valence-electron chi connectivity index (χ1n) is 9.72. The van der Waals surface area contributed by atoms with E-state index in [1.807, 2.05) is 30.3 Å². The van der Waals surface area contributed by atoms with Gasteiger partial charge in [0.2, 0.25) is 0 Å². The van der Waals surface area contributed by atoms with Gasteiger partial charge in [-0.1, -0.05) is 54.1 Å². The summed E-state index contributed by atoms with van der Waals surface area (Å²) >= 11 is 6.11. The lowest BCUT2D eigenvalue weighted by atomic mass is 10.1. The van der Waals surface area contributed by atoms with Gasteiger partial charge in [-0.05, 0) is 35.9 Å². The second-order valence-electron chi connectivity index (χ2n) is 7.03. The highest BCUT2D eigenvalue weighted by atomic mass is 35.5. The van der Waals surface area contributed by atoms with Crippen LogP contribution in [0.3, 0.4) is 0 Å². The lowest BCUT2D eigenvalue weighted by Gasteiger charge is -2.08.